The van der Waals surface area contributed by atoms with Gasteiger partial charge in [0.15, 0.2) is 0 Å². The Kier molecular flexibility index (Phi) is 7.82. The Morgan fingerprint density at radius 2 is 1.94 bits per heavy atom. The third-order valence-corrected chi connectivity index (χ3v) is 8.04. The van der Waals surface area contributed by atoms with Crippen LogP contribution in [0.3, 0.4) is 0 Å². The van der Waals surface area contributed by atoms with Gasteiger partial charge in [-0.2, -0.15) is 0 Å². The first-order valence-corrected chi connectivity index (χ1v) is 13.1. The summed E-state index contributed by atoms with van der Waals surface area (Å²) < 4.78 is 14.3. The van der Waals surface area contributed by atoms with Crippen molar-refractivity contribution in [2.24, 2.45) is 5.92 Å². The van der Waals surface area contributed by atoms with Gasteiger partial charge >= 0.3 is 0 Å². The summed E-state index contributed by atoms with van der Waals surface area (Å²) in [6, 6.07) is 9.57. The maximum absolute atomic E-state index is 14.3. The van der Waals surface area contributed by atoms with Crippen molar-refractivity contribution in [2.75, 3.05) is 13.6 Å². The summed E-state index contributed by atoms with van der Waals surface area (Å²) in [6.45, 7) is 6.45. The van der Waals surface area contributed by atoms with Crippen LogP contribution >= 0.6 is 11.3 Å². The number of carbonyl (C=O) groups excluding carboxylic acids is 2. The average Bonchev–Trinajstić information content (AvgIpc) is 3.56. The van der Waals surface area contributed by atoms with Crippen LogP contribution < -0.4 is 10.6 Å². The molecule has 8 heteroatoms. The number of hydrogen-bond acceptors (Lipinski definition) is 5. The fraction of sp³-hybridized carbons (Fsp3) is 0.444. The van der Waals surface area contributed by atoms with E-state index in [9.17, 15) is 14.0 Å². The molecule has 0 aliphatic carbocycles. The second-order valence-corrected chi connectivity index (χ2v) is 10.2. The molecule has 2 N–H and O–H groups in total. The summed E-state index contributed by atoms with van der Waals surface area (Å²) >= 11 is 1.53. The van der Waals surface area contributed by atoms with Gasteiger partial charge in [0.25, 0.3) is 0 Å². The van der Waals surface area contributed by atoms with Crippen molar-refractivity contribution in [3.8, 4) is 11.3 Å². The van der Waals surface area contributed by atoms with Crippen LogP contribution in [0.15, 0.2) is 41.8 Å². The molecule has 2 heterocycles. The molecular weight excluding hydrogens is 463 g/mol. The lowest BCUT2D eigenvalue weighted by atomic mass is 9.97. The Hall–Kier alpha value is -2.84. The van der Waals surface area contributed by atoms with Crippen molar-refractivity contribution < 1.29 is 14.0 Å². The van der Waals surface area contributed by atoms with E-state index in [0.29, 0.717) is 11.9 Å². The van der Waals surface area contributed by atoms with Crippen LogP contribution in [0.5, 0.6) is 0 Å². The molecule has 0 spiro atoms. The summed E-state index contributed by atoms with van der Waals surface area (Å²) in [6.07, 6.45) is 2.50. The van der Waals surface area contributed by atoms with Gasteiger partial charge in [0, 0.05) is 22.9 Å². The van der Waals surface area contributed by atoms with Gasteiger partial charge in [-0.1, -0.05) is 44.5 Å². The molecule has 0 bridgehead atoms. The number of fused-ring (bicyclic) bond motifs is 1. The Morgan fingerprint density at radius 1 is 1.20 bits per heavy atom. The topological polar surface area (TPSA) is 74.3 Å². The SMILES string of the molecule is CC[C@H](C)[C@H](NC(=O)[C@H](C)NC)C(=O)N1CCC[C@H]1c1nc(-c2ccc(F)c3ccccc23)cs1. The number of nitrogens with one attached hydrogen (secondary N) is 2. The van der Waals surface area contributed by atoms with E-state index in [1.54, 1.807) is 26.1 Å². The van der Waals surface area contributed by atoms with E-state index in [2.05, 4.69) is 10.6 Å². The summed E-state index contributed by atoms with van der Waals surface area (Å²) in [7, 11) is 1.73. The quantitative estimate of drug-likeness (QED) is 0.465. The van der Waals surface area contributed by atoms with Crippen LogP contribution in [0.1, 0.15) is 51.1 Å². The van der Waals surface area contributed by atoms with Crippen LogP contribution in [0.4, 0.5) is 4.39 Å². The van der Waals surface area contributed by atoms with Gasteiger partial charge in [0.1, 0.15) is 16.9 Å². The van der Waals surface area contributed by atoms with Gasteiger partial charge in [0.05, 0.1) is 17.8 Å². The molecule has 6 nitrogen and oxygen atoms in total. The van der Waals surface area contributed by atoms with E-state index in [1.165, 1.54) is 17.4 Å². The average molecular weight is 497 g/mol. The minimum absolute atomic E-state index is 0.00851. The van der Waals surface area contributed by atoms with Crippen LogP contribution in [-0.4, -0.2) is 47.4 Å². The summed E-state index contributed by atoms with van der Waals surface area (Å²) in [5.74, 6) is -0.476. The lowest BCUT2D eigenvalue weighted by molar-refractivity contribution is -0.139. The molecule has 0 unspecified atom stereocenters. The molecule has 1 fully saturated rings. The number of thiazole rings is 1. The molecule has 0 radical (unpaired) electrons. The number of aromatic nitrogens is 1. The lowest BCUT2D eigenvalue weighted by Gasteiger charge is -2.31. The van der Waals surface area contributed by atoms with Crippen molar-refractivity contribution in [1.29, 1.82) is 0 Å². The molecule has 1 aliphatic heterocycles. The summed E-state index contributed by atoms with van der Waals surface area (Å²) in [5, 5.41) is 10.2. The van der Waals surface area contributed by atoms with E-state index in [-0.39, 0.29) is 35.6 Å². The van der Waals surface area contributed by atoms with Gasteiger partial charge in [-0.3, -0.25) is 9.59 Å². The first-order valence-electron chi connectivity index (χ1n) is 12.3. The molecule has 2 amide bonds. The van der Waals surface area contributed by atoms with Gasteiger partial charge in [-0.05, 0) is 50.2 Å². The number of halogens is 1. The van der Waals surface area contributed by atoms with E-state index in [0.717, 1.165) is 40.9 Å². The van der Waals surface area contributed by atoms with Gasteiger partial charge in [-0.25, -0.2) is 9.37 Å². The summed E-state index contributed by atoms with van der Waals surface area (Å²) in [4.78, 5) is 33.1. The first-order chi connectivity index (χ1) is 16.8. The number of likely N-dealkylation sites (N-methyl/N-ethyl adjacent to an activating group) is 1. The Balaban J connectivity index is 1.60. The molecule has 35 heavy (non-hydrogen) atoms. The van der Waals surface area contributed by atoms with E-state index >= 15 is 0 Å². The van der Waals surface area contributed by atoms with Crippen molar-refractivity contribution in [3.63, 3.8) is 0 Å². The first kappa shape index (κ1) is 25.3. The highest BCUT2D eigenvalue weighted by atomic mass is 32.1. The number of benzene rings is 2. The Labute approximate surface area is 209 Å². The highest BCUT2D eigenvalue weighted by molar-refractivity contribution is 7.10. The van der Waals surface area contributed by atoms with Crippen molar-refractivity contribution in [3.05, 3.63) is 52.6 Å². The number of amides is 2. The molecule has 1 aliphatic rings. The predicted octanol–water partition coefficient (Wildman–Crippen LogP) is 4.90. The standard InChI is InChI=1S/C27H33FN4O2S/c1-5-16(2)24(31-25(33)17(3)29-4)27(34)32-14-8-11-23(32)26-30-22(15-35-26)20-12-13-21(28)19-10-7-6-9-18(19)20/h6-7,9-10,12-13,15-17,23-24,29H,5,8,11,14H2,1-4H3,(H,31,33)/t16-,17-,23-,24-/m0/s1. The Bertz CT molecular complexity index is 1210. The van der Waals surface area contributed by atoms with Crippen LogP contribution in [0.25, 0.3) is 22.0 Å². The predicted molar refractivity (Wildman–Crippen MR) is 139 cm³/mol. The second kappa shape index (κ2) is 10.8. The maximum Gasteiger partial charge on any atom is 0.246 e. The Morgan fingerprint density at radius 3 is 2.66 bits per heavy atom. The molecule has 3 aromatic rings. The number of nitrogens with zero attached hydrogens (tertiary/aromatic N) is 2. The monoisotopic (exact) mass is 496 g/mol. The molecule has 2 aromatic carbocycles. The minimum Gasteiger partial charge on any atom is -0.343 e. The number of rotatable bonds is 8. The lowest BCUT2D eigenvalue weighted by Crippen LogP contribution is -2.54. The fourth-order valence-corrected chi connectivity index (χ4v) is 5.57. The largest absolute Gasteiger partial charge is 0.343 e. The van der Waals surface area contributed by atoms with E-state index in [1.807, 2.05) is 42.3 Å². The van der Waals surface area contributed by atoms with Gasteiger partial charge < -0.3 is 15.5 Å². The van der Waals surface area contributed by atoms with E-state index in [4.69, 9.17) is 4.98 Å². The molecular formula is C27H33FN4O2S. The van der Waals surface area contributed by atoms with E-state index < -0.39 is 6.04 Å². The van der Waals surface area contributed by atoms with Gasteiger partial charge in [-0.15, -0.1) is 11.3 Å². The third-order valence-electron chi connectivity index (χ3n) is 7.09. The maximum atomic E-state index is 14.3. The van der Waals surface area contributed by atoms with Crippen molar-refractivity contribution in [2.45, 2.75) is 58.2 Å². The van der Waals surface area contributed by atoms with Crippen LogP contribution in [0, 0.1) is 11.7 Å². The third kappa shape index (κ3) is 5.09. The second-order valence-electron chi connectivity index (χ2n) is 9.28. The highest BCUT2D eigenvalue weighted by Gasteiger charge is 2.38. The normalized spacial score (nSPS) is 18.4. The molecule has 0 saturated carbocycles. The minimum atomic E-state index is -0.579. The molecule has 4 atom stereocenters. The van der Waals surface area contributed by atoms with Crippen molar-refractivity contribution >= 4 is 33.9 Å². The van der Waals surface area contributed by atoms with Gasteiger partial charge in [0.2, 0.25) is 11.8 Å². The van der Waals surface area contributed by atoms with Crippen LogP contribution in [0.2, 0.25) is 0 Å². The number of likely N-dealkylation sites (tertiary alicyclic amines) is 1. The molecule has 186 valence electrons. The molecule has 1 aromatic heterocycles. The fourth-order valence-electron chi connectivity index (χ4n) is 4.61. The zero-order chi connectivity index (χ0) is 25.1. The zero-order valence-electron chi connectivity index (χ0n) is 20.7. The molecule has 4 rings (SSSR count). The zero-order valence-corrected chi connectivity index (χ0v) is 21.5. The van der Waals surface area contributed by atoms with Crippen molar-refractivity contribution in [1.82, 2.24) is 20.5 Å². The number of hydrogen-bond donors (Lipinski definition) is 2. The molecule has 1 saturated heterocycles. The number of carbonyl (C=O) groups is 2. The van der Waals surface area contributed by atoms with Crippen LogP contribution in [-0.2, 0) is 9.59 Å². The smallest absolute Gasteiger partial charge is 0.246 e. The summed E-state index contributed by atoms with van der Waals surface area (Å²) in [5.41, 5.74) is 1.67. The highest BCUT2D eigenvalue weighted by Crippen LogP contribution is 2.38.